The zero-order chi connectivity index (χ0) is 38.4. The number of amides is 2. The van der Waals surface area contributed by atoms with E-state index in [0.717, 1.165) is 12.8 Å². The predicted molar refractivity (Wildman–Crippen MR) is 201 cm³/mol. The maximum absolute atomic E-state index is 12.9. The van der Waals surface area contributed by atoms with Crippen LogP contribution in [0.1, 0.15) is 107 Å². The Labute approximate surface area is 309 Å². The minimum absolute atomic E-state index is 0.0176. The molecule has 4 aromatic carbocycles. The summed E-state index contributed by atoms with van der Waals surface area (Å²) in [5, 5.41) is 15.1. The number of hydrogen-bond donors (Lipinski definition) is 3. The lowest BCUT2D eigenvalue weighted by molar-refractivity contribution is -0.139. The molecule has 278 valence electrons. The maximum Gasteiger partial charge on any atom is 0.343 e. The van der Waals surface area contributed by atoms with Crippen molar-refractivity contribution in [1.82, 2.24) is 5.32 Å². The van der Waals surface area contributed by atoms with Crippen LogP contribution in [0.25, 0.3) is 0 Å². The number of carboxylic acid groups (broad SMARTS) is 1. The molecule has 0 bridgehead atoms. The molecule has 0 heterocycles. The van der Waals surface area contributed by atoms with Crippen molar-refractivity contribution in [3.05, 3.63) is 125 Å². The third kappa shape index (κ3) is 12.9. The summed E-state index contributed by atoms with van der Waals surface area (Å²) in [6, 6.07) is 23.9. The molecule has 0 aliphatic carbocycles. The van der Waals surface area contributed by atoms with E-state index in [2.05, 4.69) is 17.6 Å². The molecule has 1 atom stereocenters. The van der Waals surface area contributed by atoms with Gasteiger partial charge in [0.05, 0.1) is 17.7 Å². The summed E-state index contributed by atoms with van der Waals surface area (Å²) in [5.74, 6) is -2.32. The maximum atomic E-state index is 12.9. The van der Waals surface area contributed by atoms with Gasteiger partial charge < -0.3 is 30.0 Å². The predicted octanol–water partition coefficient (Wildman–Crippen LogP) is 7.89. The molecule has 11 nitrogen and oxygen atoms in total. The first-order valence-corrected chi connectivity index (χ1v) is 17.6. The van der Waals surface area contributed by atoms with E-state index in [-0.39, 0.29) is 17.7 Å². The molecular formula is C42H46N2O9. The third-order valence-electron chi connectivity index (χ3n) is 7.97. The Kier molecular flexibility index (Phi) is 14.3. The molecule has 0 saturated heterocycles. The quantitative estimate of drug-likeness (QED) is 0.0560. The summed E-state index contributed by atoms with van der Waals surface area (Å²) in [6.07, 6.45) is 5.70. The van der Waals surface area contributed by atoms with Crippen molar-refractivity contribution in [2.24, 2.45) is 0 Å². The number of hydrogen-bond acceptors (Lipinski definition) is 8. The van der Waals surface area contributed by atoms with Gasteiger partial charge in [-0.15, -0.1) is 0 Å². The number of nitrogens with one attached hydrogen (secondary N) is 2. The normalized spacial score (nSPS) is 11.5. The highest BCUT2D eigenvalue weighted by molar-refractivity contribution is 6.05. The van der Waals surface area contributed by atoms with E-state index in [1.54, 1.807) is 69.3 Å². The summed E-state index contributed by atoms with van der Waals surface area (Å²) in [4.78, 5) is 62.6. The largest absolute Gasteiger partial charge is 0.494 e. The lowest BCUT2D eigenvalue weighted by Crippen LogP contribution is -2.42. The molecule has 0 saturated carbocycles. The number of unbranched alkanes of at least 4 members (excludes halogenated alkanes) is 4. The summed E-state index contributed by atoms with van der Waals surface area (Å²) in [5.41, 5.74) is 1.55. The van der Waals surface area contributed by atoms with Gasteiger partial charge in [-0.05, 0) is 118 Å². The number of carbonyl (C=O) groups is 5. The number of carbonyl (C=O) groups excluding carboxylic acids is 4. The molecule has 0 fully saturated rings. The van der Waals surface area contributed by atoms with Crippen LogP contribution in [-0.2, 0) is 16.0 Å². The Bertz CT molecular complexity index is 1850. The van der Waals surface area contributed by atoms with Gasteiger partial charge in [0.15, 0.2) is 0 Å². The third-order valence-corrected chi connectivity index (χ3v) is 7.97. The van der Waals surface area contributed by atoms with E-state index >= 15 is 0 Å². The number of aliphatic carboxylic acids is 1. The van der Waals surface area contributed by atoms with E-state index in [1.807, 2.05) is 0 Å². The topological polar surface area (TPSA) is 157 Å². The molecule has 4 aromatic rings. The molecule has 4 rings (SSSR count). The monoisotopic (exact) mass is 722 g/mol. The Morgan fingerprint density at radius 3 is 1.77 bits per heavy atom. The lowest BCUT2D eigenvalue weighted by atomic mass is 10.0. The minimum Gasteiger partial charge on any atom is -0.494 e. The molecule has 0 spiro atoms. The first-order chi connectivity index (χ1) is 25.3. The summed E-state index contributed by atoms with van der Waals surface area (Å²) in [6.45, 7) is 8.10. The smallest absolute Gasteiger partial charge is 0.343 e. The molecule has 0 aromatic heterocycles. The van der Waals surface area contributed by atoms with E-state index in [4.69, 9.17) is 14.2 Å². The number of esters is 2. The van der Waals surface area contributed by atoms with E-state index < -0.39 is 41.4 Å². The SMILES string of the molecule is CCCCCCCOc1ccc(C(=O)Oc2ccc(CC(NC(=O)c3ccc(NC(=O)c4ccc(C(=O)OC(C)(C)C)cc4)cc3)C(=O)O)cc2)cc1. The van der Waals surface area contributed by atoms with Gasteiger partial charge in [-0.3, -0.25) is 9.59 Å². The number of rotatable bonds is 17. The van der Waals surface area contributed by atoms with Crippen molar-refractivity contribution in [2.75, 3.05) is 11.9 Å². The first kappa shape index (κ1) is 39.8. The number of carboxylic acids is 1. The van der Waals surface area contributed by atoms with Gasteiger partial charge in [-0.1, -0.05) is 44.7 Å². The van der Waals surface area contributed by atoms with Gasteiger partial charge in [0.25, 0.3) is 11.8 Å². The average Bonchev–Trinajstić information content (AvgIpc) is 3.13. The molecule has 2 amide bonds. The second-order valence-electron chi connectivity index (χ2n) is 13.5. The van der Waals surface area contributed by atoms with Crippen molar-refractivity contribution in [2.45, 2.75) is 77.9 Å². The van der Waals surface area contributed by atoms with Crippen molar-refractivity contribution < 1.29 is 43.3 Å². The van der Waals surface area contributed by atoms with Crippen LogP contribution < -0.4 is 20.1 Å². The van der Waals surface area contributed by atoms with Gasteiger partial charge in [0, 0.05) is 23.2 Å². The van der Waals surface area contributed by atoms with Crippen molar-refractivity contribution in [1.29, 1.82) is 0 Å². The molecule has 1 unspecified atom stereocenters. The van der Waals surface area contributed by atoms with Crippen LogP contribution in [-0.4, -0.2) is 53.1 Å². The first-order valence-electron chi connectivity index (χ1n) is 17.6. The number of benzene rings is 4. The zero-order valence-electron chi connectivity index (χ0n) is 30.5. The van der Waals surface area contributed by atoms with Crippen LogP contribution in [0.2, 0.25) is 0 Å². The number of anilines is 1. The van der Waals surface area contributed by atoms with Crippen LogP contribution in [0, 0.1) is 0 Å². The van der Waals surface area contributed by atoms with E-state index in [0.29, 0.717) is 40.3 Å². The summed E-state index contributed by atoms with van der Waals surface area (Å²) < 4.78 is 16.6. The molecule has 11 heteroatoms. The fourth-order valence-electron chi connectivity index (χ4n) is 5.12. The highest BCUT2D eigenvalue weighted by Gasteiger charge is 2.22. The second kappa shape index (κ2) is 19.0. The Morgan fingerprint density at radius 2 is 1.17 bits per heavy atom. The summed E-state index contributed by atoms with van der Waals surface area (Å²) >= 11 is 0. The average molecular weight is 723 g/mol. The van der Waals surface area contributed by atoms with Gasteiger partial charge in [-0.25, -0.2) is 14.4 Å². The second-order valence-corrected chi connectivity index (χ2v) is 13.5. The van der Waals surface area contributed by atoms with Crippen molar-refractivity contribution in [3.8, 4) is 11.5 Å². The van der Waals surface area contributed by atoms with Crippen LogP contribution in [0.15, 0.2) is 97.1 Å². The number of ether oxygens (including phenoxy) is 3. The van der Waals surface area contributed by atoms with Gasteiger partial charge in [0.2, 0.25) is 0 Å². The van der Waals surface area contributed by atoms with Gasteiger partial charge in [0.1, 0.15) is 23.1 Å². The van der Waals surface area contributed by atoms with Gasteiger partial charge >= 0.3 is 17.9 Å². The van der Waals surface area contributed by atoms with Crippen molar-refractivity contribution in [3.63, 3.8) is 0 Å². The minimum atomic E-state index is -1.24. The molecular weight excluding hydrogens is 676 g/mol. The van der Waals surface area contributed by atoms with Crippen LogP contribution in [0.3, 0.4) is 0 Å². The molecule has 0 radical (unpaired) electrons. The van der Waals surface area contributed by atoms with E-state index in [1.165, 1.54) is 67.8 Å². The Balaban J connectivity index is 1.25. The summed E-state index contributed by atoms with van der Waals surface area (Å²) in [7, 11) is 0. The van der Waals surface area contributed by atoms with Crippen LogP contribution in [0.5, 0.6) is 11.5 Å². The standard InChI is InChI=1S/C42H46N2O9/c1-5-6-7-8-9-26-51-34-24-18-31(19-25-34)40(49)52-35-22-10-28(11-23-35)27-36(39(47)48)44-38(46)30-16-20-33(21-17-30)43-37(45)29-12-14-32(15-13-29)41(50)53-42(2,3)4/h10-25,36H,5-9,26-27H2,1-4H3,(H,43,45)(H,44,46)(H,47,48). The lowest BCUT2D eigenvalue weighted by Gasteiger charge is -2.19. The van der Waals surface area contributed by atoms with Gasteiger partial charge in [-0.2, -0.15) is 0 Å². The molecule has 0 aliphatic heterocycles. The van der Waals surface area contributed by atoms with E-state index in [9.17, 15) is 29.1 Å². The van der Waals surface area contributed by atoms with Crippen LogP contribution in [0.4, 0.5) is 5.69 Å². The highest BCUT2D eigenvalue weighted by atomic mass is 16.6. The fourth-order valence-corrected chi connectivity index (χ4v) is 5.12. The Hall–Kier alpha value is -5.97. The molecule has 53 heavy (non-hydrogen) atoms. The highest BCUT2D eigenvalue weighted by Crippen LogP contribution is 2.19. The molecule has 0 aliphatic rings. The Morgan fingerprint density at radius 1 is 0.642 bits per heavy atom. The fraction of sp³-hybridized carbons (Fsp3) is 0.310. The zero-order valence-corrected chi connectivity index (χ0v) is 30.5. The molecule has 3 N–H and O–H groups in total. The van der Waals surface area contributed by atoms with Crippen LogP contribution >= 0.6 is 0 Å². The van der Waals surface area contributed by atoms with Crippen molar-refractivity contribution >= 4 is 35.4 Å².